The van der Waals surface area contributed by atoms with Crippen molar-refractivity contribution in [2.24, 2.45) is 5.41 Å². The second-order valence-corrected chi connectivity index (χ2v) is 8.51. The minimum atomic E-state index is -3.51. The topological polar surface area (TPSA) is 113 Å². The standard InChI is InChI=1S/C16H24N2O5S/c1-16(2,3)13(18-24(4,22)23)14(19)17-10-9-11-5-7-12(8-6-11)15(20)21/h5-8,13,18H,9-10H2,1-4H3,(H,17,19)(H,20,21). The van der Waals surface area contributed by atoms with E-state index in [-0.39, 0.29) is 5.56 Å². The molecule has 0 aliphatic heterocycles. The Bertz CT molecular complexity index is 690. The lowest BCUT2D eigenvalue weighted by Gasteiger charge is -2.29. The number of carboxylic acids is 1. The number of rotatable bonds is 7. The van der Waals surface area contributed by atoms with Crippen LogP contribution in [-0.2, 0) is 21.2 Å². The van der Waals surface area contributed by atoms with Crippen LogP contribution in [0.5, 0.6) is 0 Å². The molecule has 8 heteroatoms. The number of sulfonamides is 1. The normalized spacial score (nSPS) is 13.3. The smallest absolute Gasteiger partial charge is 0.335 e. The number of carbonyl (C=O) groups excluding carboxylic acids is 1. The number of carbonyl (C=O) groups is 2. The summed E-state index contributed by atoms with van der Waals surface area (Å²) >= 11 is 0. The number of nitrogens with one attached hydrogen (secondary N) is 2. The number of hydrogen-bond donors (Lipinski definition) is 3. The van der Waals surface area contributed by atoms with Gasteiger partial charge in [0.2, 0.25) is 15.9 Å². The molecule has 0 fully saturated rings. The average Bonchev–Trinajstić information content (AvgIpc) is 2.43. The summed E-state index contributed by atoms with van der Waals surface area (Å²) < 4.78 is 25.2. The van der Waals surface area contributed by atoms with Gasteiger partial charge in [-0.2, -0.15) is 0 Å². The first kappa shape index (κ1) is 20.1. The van der Waals surface area contributed by atoms with Crippen LogP contribution >= 0.6 is 0 Å². The molecule has 1 unspecified atom stereocenters. The van der Waals surface area contributed by atoms with E-state index in [1.807, 2.05) is 0 Å². The molecule has 7 nitrogen and oxygen atoms in total. The lowest BCUT2D eigenvalue weighted by Crippen LogP contribution is -2.53. The van der Waals surface area contributed by atoms with Gasteiger partial charge >= 0.3 is 5.97 Å². The molecule has 0 saturated heterocycles. The Kier molecular flexibility index (Phi) is 6.50. The summed E-state index contributed by atoms with van der Waals surface area (Å²) in [6, 6.07) is 5.50. The molecular formula is C16H24N2O5S. The van der Waals surface area contributed by atoms with Gasteiger partial charge in [-0.15, -0.1) is 0 Å². The predicted molar refractivity (Wildman–Crippen MR) is 91.3 cm³/mol. The molecule has 0 heterocycles. The van der Waals surface area contributed by atoms with E-state index in [1.165, 1.54) is 12.1 Å². The molecule has 0 bridgehead atoms. The molecular weight excluding hydrogens is 332 g/mol. The van der Waals surface area contributed by atoms with Crippen LogP contribution in [0.2, 0.25) is 0 Å². The van der Waals surface area contributed by atoms with Crippen LogP contribution in [0.1, 0.15) is 36.7 Å². The number of benzene rings is 1. The summed E-state index contributed by atoms with van der Waals surface area (Å²) in [5.41, 5.74) is 0.507. The second kappa shape index (κ2) is 7.76. The third-order valence-electron chi connectivity index (χ3n) is 3.37. The summed E-state index contributed by atoms with van der Waals surface area (Å²) in [5.74, 6) is -1.38. The van der Waals surface area contributed by atoms with Crippen molar-refractivity contribution in [1.29, 1.82) is 0 Å². The van der Waals surface area contributed by atoms with Gasteiger partial charge in [-0.1, -0.05) is 32.9 Å². The number of carboxylic acid groups (broad SMARTS) is 1. The van der Waals surface area contributed by atoms with Crippen LogP contribution in [0.3, 0.4) is 0 Å². The molecule has 134 valence electrons. The van der Waals surface area contributed by atoms with E-state index in [4.69, 9.17) is 5.11 Å². The molecule has 0 spiro atoms. The Morgan fingerprint density at radius 2 is 1.71 bits per heavy atom. The fourth-order valence-corrected chi connectivity index (χ4v) is 2.97. The van der Waals surface area contributed by atoms with Crippen LogP contribution in [0, 0.1) is 5.41 Å². The van der Waals surface area contributed by atoms with E-state index in [0.29, 0.717) is 13.0 Å². The zero-order valence-corrected chi connectivity index (χ0v) is 15.1. The lowest BCUT2D eigenvalue weighted by atomic mass is 9.87. The highest BCUT2D eigenvalue weighted by Gasteiger charge is 2.33. The van der Waals surface area contributed by atoms with Gasteiger partial charge in [0.05, 0.1) is 11.8 Å². The van der Waals surface area contributed by atoms with Gasteiger partial charge in [-0.25, -0.2) is 17.9 Å². The van der Waals surface area contributed by atoms with Gasteiger partial charge < -0.3 is 10.4 Å². The van der Waals surface area contributed by atoms with E-state index in [2.05, 4.69) is 10.0 Å². The van der Waals surface area contributed by atoms with Crippen molar-refractivity contribution in [2.75, 3.05) is 12.8 Å². The van der Waals surface area contributed by atoms with Crippen LogP contribution in [-0.4, -0.2) is 44.2 Å². The molecule has 24 heavy (non-hydrogen) atoms. The highest BCUT2D eigenvalue weighted by Crippen LogP contribution is 2.20. The SMILES string of the molecule is CC(C)(C)C(NS(C)(=O)=O)C(=O)NCCc1ccc(C(=O)O)cc1. The molecule has 1 atom stereocenters. The maximum Gasteiger partial charge on any atom is 0.335 e. The monoisotopic (exact) mass is 356 g/mol. The minimum absolute atomic E-state index is 0.202. The van der Waals surface area contributed by atoms with Crippen molar-refractivity contribution in [2.45, 2.75) is 33.2 Å². The largest absolute Gasteiger partial charge is 0.478 e. The third kappa shape index (κ3) is 6.67. The van der Waals surface area contributed by atoms with Crippen molar-refractivity contribution in [3.63, 3.8) is 0 Å². The zero-order chi connectivity index (χ0) is 18.5. The number of hydrogen-bond acceptors (Lipinski definition) is 4. The van der Waals surface area contributed by atoms with E-state index in [0.717, 1.165) is 11.8 Å². The van der Waals surface area contributed by atoms with Crippen LogP contribution in [0.4, 0.5) is 0 Å². The Morgan fingerprint density at radius 3 is 2.12 bits per heavy atom. The summed E-state index contributed by atoms with van der Waals surface area (Å²) in [4.78, 5) is 23.1. The third-order valence-corrected chi connectivity index (χ3v) is 4.04. The summed E-state index contributed by atoms with van der Waals surface area (Å²) in [6.45, 7) is 5.66. The van der Waals surface area contributed by atoms with Crippen molar-refractivity contribution in [3.05, 3.63) is 35.4 Å². The second-order valence-electron chi connectivity index (χ2n) is 6.73. The quantitative estimate of drug-likeness (QED) is 0.675. The maximum absolute atomic E-state index is 12.3. The molecule has 0 aromatic heterocycles. The fraction of sp³-hybridized carbons (Fsp3) is 0.500. The first-order chi connectivity index (χ1) is 10.9. The average molecular weight is 356 g/mol. The Hall–Kier alpha value is -1.93. The van der Waals surface area contributed by atoms with Gasteiger partial charge in [-0.05, 0) is 29.5 Å². The molecule has 1 aromatic rings. The molecule has 1 rings (SSSR count). The molecule has 3 N–H and O–H groups in total. The van der Waals surface area contributed by atoms with Gasteiger partial charge in [0, 0.05) is 6.54 Å². The minimum Gasteiger partial charge on any atom is -0.478 e. The van der Waals surface area contributed by atoms with Crippen LogP contribution in [0.15, 0.2) is 24.3 Å². The predicted octanol–water partition coefficient (Wildman–Crippen LogP) is 1.01. The first-order valence-corrected chi connectivity index (χ1v) is 9.36. The number of amides is 1. The summed E-state index contributed by atoms with van der Waals surface area (Å²) in [6.07, 6.45) is 1.53. The highest BCUT2D eigenvalue weighted by molar-refractivity contribution is 7.88. The Morgan fingerprint density at radius 1 is 1.17 bits per heavy atom. The van der Waals surface area contributed by atoms with Gasteiger partial charge in [0.1, 0.15) is 6.04 Å². The Balaban J connectivity index is 2.64. The van der Waals surface area contributed by atoms with Crippen molar-refractivity contribution in [1.82, 2.24) is 10.0 Å². The molecule has 1 amide bonds. The van der Waals surface area contributed by atoms with E-state index in [9.17, 15) is 18.0 Å². The van der Waals surface area contributed by atoms with E-state index < -0.39 is 33.4 Å². The maximum atomic E-state index is 12.3. The fourth-order valence-electron chi connectivity index (χ4n) is 2.08. The van der Waals surface area contributed by atoms with Crippen molar-refractivity contribution in [3.8, 4) is 0 Å². The van der Waals surface area contributed by atoms with E-state index in [1.54, 1.807) is 32.9 Å². The molecule has 0 radical (unpaired) electrons. The van der Waals surface area contributed by atoms with E-state index >= 15 is 0 Å². The van der Waals surface area contributed by atoms with Gasteiger partial charge in [0.15, 0.2) is 0 Å². The summed E-state index contributed by atoms with van der Waals surface area (Å²) in [7, 11) is -3.51. The molecule has 0 aliphatic carbocycles. The van der Waals surface area contributed by atoms with Crippen LogP contribution in [0.25, 0.3) is 0 Å². The van der Waals surface area contributed by atoms with Gasteiger partial charge in [0.25, 0.3) is 0 Å². The summed E-state index contributed by atoms with van der Waals surface area (Å²) in [5, 5.41) is 11.6. The van der Waals surface area contributed by atoms with Gasteiger partial charge in [-0.3, -0.25) is 4.79 Å². The van der Waals surface area contributed by atoms with Crippen molar-refractivity contribution >= 4 is 21.9 Å². The highest BCUT2D eigenvalue weighted by atomic mass is 32.2. The lowest BCUT2D eigenvalue weighted by molar-refractivity contribution is -0.124. The molecule has 0 saturated carbocycles. The zero-order valence-electron chi connectivity index (χ0n) is 14.3. The van der Waals surface area contributed by atoms with Crippen molar-refractivity contribution < 1.29 is 23.1 Å². The first-order valence-electron chi connectivity index (χ1n) is 7.47. The molecule has 0 aliphatic rings. The number of aromatic carboxylic acids is 1. The van der Waals surface area contributed by atoms with Crippen LogP contribution < -0.4 is 10.0 Å². The Labute approximate surface area is 142 Å². The molecule has 1 aromatic carbocycles.